The third-order valence-corrected chi connectivity index (χ3v) is 7.17. The van der Waals surface area contributed by atoms with Gasteiger partial charge in [-0.2, -0.15) is 10.2 Å². The average molecular weight is 496 g/mol. The van der Waals surface area contributed by atoms with Gasteiger partial charge in [-0.1, -0.05) is 68.3 Å². The summed E-state index contributed by atoms with van der Waals surface area (Å²) in [6.07, 6.45) is 7.16. The van der Waals surface area contributed by atoms with Crippen LogP contribution < -0.4 is 10.2 Å². The Morgan fingerprint density at radius 2 is 1.94 bits per heavy atom. The molecule has 0 atom stereocenters. The molecule has 172 valence electrons. The summed E-state index contributed by atoms with van der Waals surface area (Å²) < 4.78 is 0. The third kappa shape index (κ3) is 3.97. The number of rotatable bonds is 5. The maximum absolute atomic E-state index is 6.55. The molecule has 4 aromatic rings. The van der Waals surface area contributed by atoms with Gasteiger partial charge in [-0.15, -0.1) is 11.3 Å². The van der Waals surface area contributed by atoms with Crippen molar-refractivity contribution in [2.75, 3.05) is 10.2 Å². The highest BCUT2D eigenvalue weighted by Gasteiger charge is 2.29. The SMILES string of the molecule is C=C/C(=C(\C(=C)Cl)c1cc2c(s1)C(=C)N(c1cncc3ccccc13)C(=C)N2)c1cnnc(C)c1. The van der Waals surface area contributed by atoms with E-state index in [2.05, 4.69) is 52.9 Å². The first kappa shape index (κ1) is 22.8. The van der Waals surface area contributed by atoms with Crippen LogP contribution in [0.5, 0.6) is 0 Å². The zero-order valence-corrected chi connectivity index (χ0v) is 20.7. The topological polar surface area (TPSA) is 53.9 Å². The van der Waals surface area contributed by atoms with Crippen molar-refractivity contribution in [2.45, 2.75) is 6.92 Å². The molecule has 0 unspecified atom stereocenters. The fraction of sp³-hybridized carbons (Fsp3) is 0.0357. The molecule has 5 nitrogen and oxygen atoms in total. The fourth-order valence-electron chi connectivity index (χ4n) is 4.26. The van der Waals surface area contributed by atoms with E-state index in [1.165, 1.54) is 0 Å². The number of halogens is 1. The molecule has 0 fully saturated rings. The Kier molecular flexibility index (Phi) is 5.84. The first-order chi connectivity index (χ1) is 16.9. The molecule has 7 heteroatoms. The molecule has 3 aromatic heterocycles. The molecule has 0 aliphatic carbocycles. The van der Waals surface area contributed by atoms with Gasteiger partial charge < -0.3 is 5.32 Å². The van der Waals surface area contributed by atoms with E-state index < -0.39 is 0 Å². The van der Waals surface area contributed by atoms with E-state index in [9.17, 15) is 0 Å². The lowest BCUT2D eigenvalue weighted by atomic mass is 9.99. The first-order valence-electron chi connectivity index (χ1n) is 10.8. The maximum Gasteiger partial charge on any atom is 0.108 e. The Labute approximate surface area is 213 Å². The Morgan fingerprint density at radius 1 is 1.14 bits per heavy atom. The number of allylic oxidation sites excluding steroid dienone is 4. The molecule has 0 radical (unpaired) electrons. The first-order valence-corrected chi connectivity index (χ1v) is 12.0. The van der Waals surface area contributed by atoms with Crippen molar-refractivity contribution < 1.29 is 0 Å². The quantitative estimate of drug-likeness (QED) is 0.288. The van der Waals surface area contributed by atoms with E-state index in [1.807, 2.05) is 54.5 Å². The molecule has 0 amide bonds. The van der Waals surface area contributed by atoms with E-state index in [4.69, 9.17) is 11.6 Å². The van der Waals surface area contributed by atoms with Crippen LogP contribution >= 0.6 is 22.9 Å². The third-order valence-electron chi connectivity index (χ3n) is 5.78. The molecule has 1 aliphatic heterocycles. The summed E-state index contributed by atoms with van der Waals surface area (Å²) in [6, 6.07) is 12.1. The summed E-state index contributed by atoms with van der Waals surface area (Å²) in [4.78, 5) is 8.34. The number of benzene rings is 1. The lowest BCUT2D eigenvalue weighted by molar-refractivity contribution is 0.976. The zero-order chi connectivity index (χ0) is 24.7. The van der Waals surface area contributed by atoms with Gasteiger partial charge in [-0.05, 0) is 24.6 Å². The summed E-state index contributed by atoms with van der Waals surface area (Å²) in [5.41, 5.74) is 5.92. The summed E-state index contributed by atoms with van der Waals surface area (Å²) in [5.74, 6) is 0.693. The number of fused-ring (bicyclic) bond motifs is 2. The maximum atomic E-state index is 6.55. The molecule has 1 aromatic carbocycles. The fourth-order valence-corrected chi connectivity index (χ4v) is 5.68. The standard InChI is InChI=1S/C28H22ClN5S/c1-6-22(21-11-16(2)33-31-14-21)27(17(3)29)26-12-24-28(35-26)18(4)34(19(5)32-24)25-15-30-13-20-9-7-8-10-23(20)25/h6-15,32H,1,3-5H2,2H3/b27-22-. The zero-order valence-electron chi connectivity index (χ0n) is 19.2. The summed E-state index contributed by atoms with van der Waals surface area (Å²) in [6.45, 7) is 18.6. The second-order valence-electron chi connectivity index (χ2n) is 8.07. The van der Waals surface area contributed by atoms with Gasteiger partial charge in [-0.25, -0.2) is 0 Å². The van der Waals surface area contributed by atoms with Gasteiger partial charge >= 0.3 is 0 Å². The Hall–Kier alpha value is -4.00. The number of hydrogen-bond acceptors (Lipinski definition) is 6. The van der Waals surface area contributed by atoms with Gasteiger partial charge in [0.1, 0.15) is 5.82 Å². The number of nitrogens with one attached hydrogen (secondary N) is 1. The number of pyridine rings is 1. The minimum Gasteiger partial charge on any atom is -0.341 e. The van der Waals surface area contributed by atoms with Gasteiger partial charge in [0.05, 0.1) is 40.0 Å². The van der Waals surface area contributed by atoms with Crippen LogP contribution in [0.1, 0.15) is 21.0 Å². The smallest absolute Gasteiger partial charge is 0.108 e. The predicted molar refractivity (Wildman–Crippen MR) is 149 cm³/mol. The molecule has 0 saturated carbocycles. The second kappa shape index (κ2) is 8.98. The minimum atomic E-state index is 0.410. The highest BCUT2D eigenvalue weighted by atomic mass is 35.5. The van der Waals surface area contributed by atoms with Crippen molar-refractivity contribution >= 4 is 61.9 Å². The van der Waals surface area contributed by atoms with Crippen molar-refractivity contribution in [1.82, 2.24) is 15.2 Å². The van der Waals surface area contributed by atoms with Gasteiger partial charge in [0.25, 0.3) is 0 Å². The monoisotopic (exact) mass is 495 g/mol. The highest BCUT2D eigenvalue weighted by Crippen LogP contribution is 2.47. The van der Waals surface area contributed by atoms with Crippen LogP contribution in [-0.2, 0) is 0 Å². The van der Waals surface area contributed by atoms with Crippen LogP contribution in [0.3, 0.4) is 0 Å². The Morgan fingerprint density at radius 3 is 2.69 bits per heavy atom. The number of aryl methyl sites for hydroxylation is 1. The number of thiophene rings is 1. The highest BCUT2D eigenvalue weighted by molar-refractivity contribution is 7.15. The van der Waals surface area contributed by atoms with Crippen molar-refractivity contribution in [2.24, 2.45) is 0 Å². The molecule has 0 bridgehead atoms. The van der Waals surface area contributed by atoms with Crippen molar-refractivity contribution in [3.8, 4) is 0 Å². The lowest BCUT2D eigenvalue weighted by Crippen LogP contribution is -2.28. The summed E-state index contributed by atoms with van der Waals surface area (Å²) in [7, 11) is 0. The molecule has 1 aliphatic rings. The molecule has 1 N–H and O–H groups in total. The van der Waals surface area contributed by atoms with Crippen molar-refractivity contribution in [3.05, 3.63) is 119 Å². The summed E-state index contributed by atoms with van der Waals surface area (Å²) in [5, 5.41) is 14.1. The second-order valence-corrected chi connectivity index (χ2v) is 9.58. The van der Waals surface area contributed by atoms with Crippen LogP contribution in [0, 0.1) is 6.92 Å². The van der Waals surface area contributed by atoms with Gasteiger partial charge in [-0.3, -0.25) is 9.88 Å². The van der Waals surface area contributed by atoms with E-state index in [0.717, 1.165) is 60.0 Å². The van der Waals surface area contributed by atoms with Gasteiger partial charge in [0.2, 0.25) is 0 Å². The van der Waals surface area contributed by atoms with Crippen molar-refractivity contribution in [1.29, 1.82) is 0 Å². The van der Waals surface area contributed by atoms with Crippen LogP contribution in [0.2, 0.25) is 0 Å². The van der Waals surface area contributed by atoms with E-state index in [0.29, 0.717) is 10.9 Å². The summed E-state index contributed by atoms with van der Waals surface area (Å²) >= 11 is 8.13. The van der Waals surface area contributed by atoms with Gasteiger partial charge in [0.15, 0.2) is 0 Å². The van der Waals surface area contributed by atoms with Crippen molar-refractivity contribution in [3.63, 3.8) is 0 Å². The number of aromatic nitrogens is 3. The Bertz CT molecular complexity index is 1570. The number of nitrogens with zero attached hydrogens (tertiary/aromatic N) is 4. The number of hydrogen-bond donors (Lipinski definition) is 1. The van der Waals surface area contributed by atoms with Gasteiger partial charge in [0, 0.05) is 38.0 Å². The number of anilines is 2. The average Bonchev–Trinajstić information content (AvgIpc) is 3.25. The van der Waals surface area contributed by atoms with Crippen LogP contribution in [0.4, 0.5) is 11.4 Å². The largest absolute Gasteiger partial charge is 0.341 e. The molecule has 35 heavy (non-hydrogen) atoms. The van der Waals surface area contributed by atoms with Crippen LogP contribution in [-0.4, -0.2) is 15.2 Å². The van der Waals surface area contributed by atoms with E-state index in [1.54, 1.807) is 23.6 Å². The van der Waals surface area contributed by atoms with Crippen LogP contribution in [0.25, 0.3) is 27.6 Å². The van der Waals surface area contributed by atoms with Crippen LogP contribution in [0.15, 0.2) is 98.2 Å². The molecule has 5 rings (SSSR count). The predicted octanol–water partition coefficient (Wildman–Crippen LogP) is 7.62. The molecular weight excluding hydrogens is 474 g/mol. The molecule has 4 heterocycles. The lowest BCUT2D eigenvalue weighted by Gasteiger charge is -2.33. The molecular formula is C28H22ClN5S. The van der Waals surface area contributed by atoms with E-state index >= 15 is 0 Å². The Balaban J connectivity index is 1.64. The molecule has 0 saturated heterocycles. The normalized spacial score (nSPS) is 13.8. The van der Waals surface area contributed by atoms with E-state index in [-0.39, 0.29) is 0 Å². The minimum absolute atomic E-state index is 0.410. The molecule has 0 spiro atoms.